The van der Waals surface area contributed by atoms with Crippen molar-refractivity contribution in [3.05, 3.63) is 187 Å². The molecule has 0 heterocycles. The van der Waals surface area contributed by atoms with Crippen LogP contribution in [-0.4, -0.2) is 18.9 Å². The quantitative estimate of drug-likeness (QED) is 0.0577. The molecule has 7 heteroatoms. The fourth-order valence-electron chi connectivity index (χ4n) is 6.38. The van der Waals surface area contributed by atoms with E-state index in [0.29, 0.717) is 11.1 Å². The van der Waals surface area contributed by atoms with Gasteiger partial charge in [0, 0.05) is 42.1 Å². The van der Waals surface area contributed by atoms with Gasteiger partial charge in [0.25, 0.3) is 0 Å². The van der Waals surface area contributed by atoms with Crippen LogP contribution in [0.2, 0.25) is 0 Å². The lowest BCUT2D eigenvalue weighted by Crippen LogP contribution is -2.13. The van der Waals surface area contributed by atoms with Crippen molar-refractivity contribution < 1.29 is 4.79 Å². The molecule has 54 heavy (non-hydrogen) atoms. The third-order valence-corrected chi connectivity index (χ3v) is 11.5. The Kier molecular flexibility index (Phi) is 14.3. The van der Waals surface area contributed by atoms with Crippen LogP contribution >= 0.6 is 63.7 Å². The van der Waals surface area contributed by atoms with Gasteiger partial charge in [-0.25, -0.2) is 0 Å². The number of nitrogens with one attached hydrogen (secondary N) is 2. The molecule has 0 aliphatic rings. The summed E-state index contributed by atoms with van der Waals surface area (Å²) in [6.45, 7) is 11.0. The second kappa shape index (κ2) is 19.3. The van der Waals surface area contributed by atoms with Crippen molar-refractivity contribution in [3.8, 4) is 44.5 Å². The monoisotopic (exact) mass is 964 g/mol. The zero-order valence-corrected chi connectivity index (χ0v) is 36.1. The molecule has 6 aromatic carbocycles. The summed E-state index contributed by atoms with van der Waals surface area (Å²) in [7, 11) is 0. The second-order valence-electron chi connectivity index (χ2n) is 13.0. The van der Waals surface area contributed by atoms with Crippen LogP contribution in [0.4, 0.5) is 0 Å². The van der Waals surface area contributed by atoms with E-state index in [9.17, 15) is 4.79 Å². The molecule has 0 atom stereocenters. The topological polar surface area (TPSA) is 41.1 Å². The Hall–Kier alpha value is -3.69. The highest BCUT2D eigenvalue weighted by atomic mass is 79.9. The molecule has 6 rings (SSSR count). The van der Waals surface area contributed by atoms with Gasteiger partial charge in [-0.2, -0.15) is 0 Å². The molecule has 0 spiro atoms. The molecule has 2 N–H and O–H groups in total. The Morgan fingerprint density at radius 2 is 0.870 bits per heavy atom. The number of rotatable bonds is 16. The predicted molar refractivity (Wildman–Crippen MR) is 242 cm³/mol. The first-order valence-electron chi connectivity index (χ1n) is 17.8. The molecule has 0 saturated heterocycles. The lowest BCUT2D eigenvalue weighted by Gasteiger charge is -2.16. The maximum Gasteiger partial charge on any atom is 0.193 e. The Morgan fingerprint density at radius 3 is 1.24 bits per heavy atom. The van der Waals surface area contributed by atoms with Gasteiger partial charge in [0.05, 0.1) is 0 Å². The Morgan fingerprint density at radius 1 is 0.481 bits per heavy atom. The maximum atomic E-state index is 14.5. The van der Waals surface area contributed by atoms with Crippen LogP contribution in [0.15, 0.2) is 165 Å². The van der Waals surface area contributed by atoms with E-state index in [1.165, 1.54) is 11.1 Å². The second-order valence-corrected chi connectivity index (χ2v) is 16.5. The zero-order valence-electron chi connectivity index (χ0n) is 29.8. The van der Waals surface area contributed by atoms with E-state index in [1.807, 2.05) is 60.7 Å². The highest BCUT2D eigenvalue weighted by Crippen LogP contribution is 2.41. The lowest BCUT2D eigenvalue weighted by molar-refractivity contribution is 0.103. The lowest BCUT2D eigenvalue weighted by atomic mass is 9.88. The van der Waals surface area contributed by atoms with Gasteiger partial charge in [-0.1, -0.05) is 161 Å². The Labute approximate surface area is 352 Å². The van der Waals surface area contributed by atoms with Gasteiger partial charge in [0.15, 0.2) is 5.78 Å². The Balaban J connectivity index is 1.38. The van der Waals surface area contributed by atoms with Crippen molar-refractivity contribution in [2.24, 2.45) is 0 Å². The van der Waals surface area contributed by atoms with Crippen molar-refractivity contribution in [2.75, 3.05) is 13.1 Å². The largest absolute Gasteiger partial charge is 0.312 e. The minimum Gasteiger partial charge on any atom is -0.312 e. The summed E-state index contributed by atoms with van der Waals surface area (Å²) in [6, 6.07) is 41.7. The summed E-state index contributed by atoms with van der Waals surface area (Å²) in [5.74, 6) is -0.0426. The molecule has 0 unspecified atom stereocenters. The normalized spacial score (nSPS) is 11.0. The fraction of sp³-hybridized carbons (Fsp3) is 0.128. The van der Waals surface area contributed by atoms with Gasteiger partial charge in [-0.3, -0.25) is 4.79 Å². The summed E-state index contributed by atoms with van der Waals surface area (Å²) in [4.78, 5) is 14.5. The SMILES string of the molecule is C=CCCNCc1ccc(-c2ccc(C(=O)c3ccc(-c4ccc(CNCCC=C)cc4)c(-c4ccc(Br)cc4Br)c3)cc2-c2ccc(Br)cc2Br)cc1. The van der Waals surface area contributed by atoms with Gasteiger partial charge in [-0.05, 0) is 118 Å². The highest BCUT2D eigenvalue weighted by molar-refractivity contribution is 9.11. The average Bonchev–Trinajstić information content (AvgIpc) is 3.18. The number of hydrogen-bond acceptors (Lipinski definition) is 3. The molecule has 6 aromatic rings. The predicted octanol–water partition coefficient (Wildman–Crippen LogP) is 14.0. The summed E-state index contributed by atoms with van der Waals surface area (Å²) < 4.78 is 3.83. The molecule has 0 radical (unpaired) electrons. The minimum atomic E-state index is -0.0426. The molecule has 3 nitrogen and oxygen atoms in total. The molecule has 0 saturated carbocycles. The smallest absolute Gasteiger partial charge is 0.193 e. The van der Waals surface area contributed by atoms with Crippen LogP contribution in [0.25, 0.3) is 44.5 Å². The van der Waals surface area contributed by atoms with E-state index in [-0.39, 0.29) is 5.78 Å². The summed E-state index contributed by atoms with van der Waals surface area (Å²) >= 11 is 14.8. The number of hydrogen-bond donors (Lipinski definition) is 2. The number of halogens is 4. The van der Waals surface area contributed by atoms with E-state index in [4.69, 9.17) is 0 Å². The van der Waals surface area contributed by atoms with Gasteiger partial charge < -0.3 is 10.6 Å². The number of carbonyl (C=O) groups is 1. The molecular weight excluding hydrogens is 928 g/mol. The van der Waals surface area contributed by atoms with E-state index in [0.717, 1.165) is 101 Å². The van der Waals surface area contributed by atoms with E-state index < -0.39 is 0 Å². The van der Waals surface area contributed by atoms with Crippen LogP contribution in [0.1, 0.15) is 39.9 Å². The first kappa shape index (κ1) is 40.0. The number of ketones is 1. The van der Waals surface area contributed by atoms with Crippen LogP contribution in [0.3, 0.4) is 0 Å². The first-order chi connectivity index (χ1) is 26.2. The molecule has 0 aromatic heterocycles. The van der Waals surface area contributed by atoms with Gasteiger partial charge in [0.1, 0.15) is 0 Å². The number of carbonyl (C=O) groups excluding carboxylic acids is 1. The fourth-order valence-corrected chi connectivity index (χ4v) is 8.90. The average molecular weight is 968 g/mol. The molecule has 0 aliphatic heterocycles. The molecule has 0 amide bonds. The maximum absolute atomic E-state index is 14.5. The van der Waals surface area contributed by atoms with Gasteiger partial charge in [-0.15, -0.1) is 13.2 Å². The van der Waals surface area contributed by atoms with Crippen molar-refractivity contribution in [1.29, 1.82) is 0 Å². The molecule has 0 aliphatic carbocycles. The third kappa shape index (κ3) is 9.94. The molecule has 0 fully saturated rings. The standard InChI is InChI=1S/C47H40Br4N2O/c1-3-5-23-52-29-31-7-11-33(12-8-31)39-19-15-35(25-43(39)41-21-17-37(48)27-45(41)50)47(54)36-16-20-40(44(26-36)42-22-18-38(49)28-46(42)51)34-13-9-32(10-14-34)30-53-24-6-4-2/h3-4,7-22,25-28,52-53H,1-2,5-6,23-24,29-30H2. The summed E-state index contributed by atoms with van der Waals surface area (Å²) in [6.07, 6.45) is 5.72. The zero-order chi connectivity index (χ0) is 38.0. The van der Waals surface area contributed by atoms with E-state index >= 15 is 0 Å². The minimum absolute atomic E-state index is 0.0426. The van der Waals surface area contributed by atoms with Gasteiger partial charge >= 0.3 is 0 Å². The molecular formula is C47H40Br4N2O. The third-order valence-electron chi connectivity index (χ3n) is 9.24. The van der Waals surface area contributed by atoms with Crippen molar-refractivity contribution in [2.45, 2.75) is 25.9 Å². The van der Waals surface area contributed by atoms with Gasteiger partial charge in [0.2, 0.25) is 0 Å². The summed E-state index contributed by atoms with van der Waals surface area (Å²) in [5, 5.41) is 6.93. The number of benzene rings is 6. The van der Waals surface area contributed by atoms with Crippen molar-refractivity contribution in [3.63, 3.8) is 0 Å². The van der Waals surface area contributed by atoms with E-state index in [2.05, 4.69) is 160 Å². The van der Waals surface area contributed by atoms with Crippen LogP contribution in [0.5, 0.6) is 0 Å². The highest BCUT2D eigenvalue weighted by Gasteiger charge is 2.19. The van der Waals surface area contributed by atoms with Crippen LogP contribution in [-0.2, 0) is 13.1 Å². The van der Waals surface area contributed by atoms with Crippen LogP contribution < -0.4 is 10.6 Å². The molecule has 0 bridgehead atoms. The Bertz CT molecular complexity index is 2120. The molecule has 272 valence electrons. The van der Waals surface area contributed by atoms with Crippen molar-refractivity contribution in [1.82, 2.24) is 10.6 Å². The van der Waals surface area contributed by atoms with Crippen LogP contribution in [0, 0.1) is 0 Å². The first-order valence-corrected chi connectivity index (χ1v) is 21.0. The summed E-state index contributed by atoms with van der Waals surface area (Å²) in [5.41, 5.74) is 11.9. The van der Waals surface area contributed by atoms with E-state index in [1.54, 1.807) is 0 Å². The van der Waals surface area contributed by atoms with Crippen molar-refractivity contribution >= 4 is 69.5 Å².